The van der Waals surface area contributed by atoms with Crippen LogP contribution in [0.1, 0.15) is 56.3 Å². The van der Waals surface area contributed by atoms with E-state index in [0.29, 0.717) is 18.7 Å². The van der Waals surface area contributed by atoms with Crippen molar-refractivity contribution in [1.29, 1.82) is 0 Å². The molecule has 1 fully saturated rings. The highest BCUT2D eigenvalue weighted by Gasteiger charge is 2.26. The van der Waals surface area contributed by atoms with Crippen molar-refractivity contribution in [3.05, 3.63) is 59.6 Å². The molecule has 0 radical (unpaired) electrons. The lowest BCUT2D eigenvalue weighted by molar-refractivity contribution is 0.0903. The van der Waals surface area contributed by atoms with E-state index in [1.165, 1.54) is 5.56 Å². The van der Waals surface area contributed by atoms with Crippen LogP contribution in [-0.2, 0) is 10.2 Å². The van der Waals surface area contributed by atoms with E-state index in [4.69, 9.17) is 9.72 Å². The van der Waals surface area contributed by atoms with Crippen molar-refractivity contribution in [3.8, 4) is 0 Å². The number of hydrogen-bond donors (Lipinski definition) is 2. The van der Waals surface area contributed by atoms with Gasteiger partial charge in [-0.15, -0.1) is 0 Å². The minimum Gasteiger partial charge on any atom is -0.394 e. The zero-order valence-electron chi connectivity index (χ0n) is 19.6. The Hall–Kier alpha value is -2.64. The Morgan fingerprint density at radius 3 is 2.72 bits per heavy atom. The van der Waals surface area contributed by atoms with E-state index >= 15 is 0 Å². The summed E-state index contributed by atoms with van der Waals surface area (Å²) in [7, 11) is 0. The summed E-state index contributed by atoms with van der Waals surface area (Å²) >= 11 is 0. The van der Waals surface area contributed by atoms with Crippen molar-refractivity contribution in [1.82, 2.24) is 14.9 Å². The first-order valence-electron chi connectivity index (χ1n) is 11.4. The van der Waals surface area contributed by atoms with Crippen molar-refractivity contribution < 1.29 is 9.84 Å². The van der Waals surface area contributed by atoms with Gasteiger partial charge in [0.2, 0.25) is 5.95 Å². The molecule has 2 N–H and O–H groups in total. The molecular formula is C25H35N5O2. The second-order valence-corrected chi connectivity index (χ2v) is 9.73. The molecule has 3 heterocycles. The van der Waals surface area contributed by atoms with Gasteiger partial charge in [-0.25, -0.2) is 4.98 Å². The van der Waals surface area contributed by atoms with Crippen LogP contribution in [-0.4, -0.2) is 52.5 Å². The number of rotatable bonds is 6. The van der Waals surface area contributed by atoms with Crippen molar-refractivity contribution in [2.45, 2.75) is 58.0 Å². The fourth-order valence-corrected chi connectivity index (χ4v) is 4.21. The number of benzene rings is 1. The first-order chi connectivity index (χ1) is 15.3. The Bertz CT molecular complexity index is 950. The second kappa shape index (κ2) is 9.46. The molecular weight excluding hydrogens is 402 g/mol. The van der Waals surface area contributed by atoms with E-state index in [-0.39, 0.29) is 18.1 Å². The zero-order valence-corrected chi connectivity index (χ0v) is 19.6. The van der Waals surface area contributed by atoms with E-state index < -0.39 is 0 Å². The molecule has 0 spiro atoms. The average Bonchev–Trinajstić information content (AvgIpc) is 3.25. The van der Waals surface area contributed by atoms with Gasteiger partial charge in [-0.05, 0) is 36.3 Å². The first kappa shape index (κ1) is 22.6. The first-order valence-corrected chi connectivity index (χ1v) is 11.4. The van der Waals surface area contributed by atoms with Crippen LogP contribution in [0.5, 0.6) is 0 Å². The predicted octanol–water partition coefficient (Wildman–Crippen LogP) is 3.96. The lowest BCUT2D eigenvalue weighted by Crippen LogP contribution is -2.32. The summed E-state index contributed by atoms with van der Waals surface area (Å²) in [6, 6.07) is 8.78. The molecule has 172 valence electrons. The molecule has 1 atom stereocenters. The fourth-order valence-electron chi connectivity index (χ4n) is 4.21. The highest BCUT2D eigenvalue weighted by Crippen LogP contribution is 2.31. The lowest BCUT2D eigenvalue weighted by atomic mass is 9.85. The SMILES string of the molecule is Cc1cnc(NC2CCOCC2)nc1N1C=CN(C(CO)c2cccc(C(C)(C)C)c2)C1. The topological polar surface area (TPSA) is 73.8 Å². The Labute approximate surface area is 191 Å². The molecule has 1 saturated heterocycles. The highest BCUT2D eigenvalue weighted by atomic mass is 16.5. The van der Waals surface area contributed by atoms with Gasteiger partial charge in [0.05, 0.1) is 19.3 Å². The summed E-state index contributed by atoms with van der Waals surface area (Å²) in [5.41, 5.74) is 3.47. The average molecular weight is 438 g/mol. The molecule has 0 saturated carbocycles. The van der Waals surface area contributed by atoms with Gasteiger partial charge in [0.25, 0.3) is 0 Å². The lowest BCUT2D eigenvalue weighted by Gasteiger charge is -2.30. The van der Waals surface area contributed by atoms with Crippen LogP contribution in [0.15, 0.2) is 42.9 Å². The van der Waals surface area contributed by atoms with Crippen LogP contribution in [0.2, 0.25) is 0 Å². The summed E-state index contributed by atoms with van der Waals surface area (Å²) < 4.78 is 5.44. The van der Waals surface area contributed by atoms with Gasteiger partial charge >= 0.3 is 0 Å². The largest absolute Gasteiger partial charge is 0.394 e. The number of hydrogen-bond acceptors (Lipinski definition) is 7. The summed E-state index contributed by atoms with van der Waals surface area (Å²) in [4.78, 5) is 13.6. The normalized spacial score (nSPS) is 18.3. The predicted molar refractivity (Wildman–Crippen MR) is 128 cm³/mol. The molecule has 2 aliphatic heterocycles. The quantitative estimate of drug-likeness (QED) is 0.709. The monoisotopic (exact) mass is 437 g/mol. The summed E-state index contributed by atoms with van der Waals surface area (Å²) in [6.45, 7) is 10.9. The summed E-state index contributed by atoms with van der Waals surface area (Å²) in [6.07, 6.45) is 7.88. The van der Waals surface area contributed by atoms with Gasteiger partial charge in [-0.2, -0.15) is 4.98 Å². The van der Waals surface area contributed by atoms with Crippen LogP contribution in [0.25, 0.3) is 0 Å². The van der Waals surface area contributed by atoms with E-state index in [1.807, 2.05) is 25.5 Å². The maximum atomic E-state index is 10.2. The van der Waals surface area contributed by atoms with Crippen molar-refractivity contribution in [2.24, 2.45) is 0 Å². The second-order valence-electron chi connectivity index (χ2n) is 9.73. The number of nitrogens with one attached hydrogen (secondary N) is 1. The molecule has 1 aromatic heterocycles. The fraction of sp³-hybridized carbons (Fsp3) is 0.520. The number of ether oxygens (including phenoxy) is 1. The van der Waals surface area contributed by atoms with Crippen molar-refractivity contribution in [3.63, 3.8) is 0 Å². The molecule has 4 rings (SSSR count). The van der Waals surface area contributed by atoms with Gasteiger partial charge in [0, 0.05) is 43.4 Å². The van der Waals surface area contributed by atoms with Gasteiger partial charge in [0.15, 0.2) is 0 Å². The number of nitrogens with zero attached hydrogens (tertiary/aromatic N) is 4. The Morgan fingerprint density at radius 2 is 2.00 bits per heavy atom. The number of aliphatic hydroxyl groups excluding tert-OH is 1. The van der Waals surface area contributed by atoms with Gasteiger partial charge < -0.3 is 25.0 Å². The molecule has 2 aromatic rings. The standard InChI is InChI=1S/C25H35N5O2/c1-18-15-26-24(27-21-8-12-32-13-9-21)28-23(18)30-11-10-29(17-30)22(16-31)19-6-5-7-20(14-19)25(2,3)4/h5-7,10-11,14-15,21-22,31H,8-9,12-13,16-17H2,1-4H3,(H,26,27,28). The van der Waals surface area contributed by atoms with Crippen molar-refractivity contribution >= 4 is 11.8 Å². The molecule has 0 amide bonds. The highest BCUT2D eigenvalue weighted by molar-refractivity contribution is 5.52. The van der Waals surface area contributed by atoms with Crippen LogP contribution >= 0.6 is 0 Å². The van der Waals surface area contributed by atoms with E-state index in [0.717, 1.165) is 43.0 Å². The molecule has 7 heteroatoms. The molecule has 0 aliphatic carbocycles. The Balaban J connectivity index is 1.49. The van der Waals surface area contributed by atoms with Crippen LogP contribution < -0.4 is 10.2 Å². The van der Waals surface area contributed by atoms with Crippen LogP contribution in [0.4, 0.5) is 11.8 Å². The number of aliphatic hydroxyl groups is 1. The molecule has 0 bridgehead atoms. The molecule has 32 heavy (non-hydrogen) atoms. The van der Waals surface area contributed by atoms with E-state index in [2.05, 4.69) is 65.1 Å². The van der Waals surface area contributed by atoms with Crippen LogP contribution in [0, 0.1) is 6.92 Å². The summed E-state index contributed by atoms with van der Waals surface area (Å²) in [5, 5.41) is 13.7. The maximum Gasteiger partial charge on any atom is 0.224 e. The Kier molecular flexibility index (Phi) is 6.67. The van der Waals surface area contributed by atoms with E-state index in [9.17, 15) is 5.11 Å². The molecule has 1 unspecified atom stereocenters. The minimum absolute atomic E-state index is 0.0467. The van der Waals surface area contributed by atoms with Gasteiger partial charge in [0.1, 0.15) is 5.82 Å². The van der Waals surface area contributed by atoms with Crippen LogP contribution in [0.3, 0.4) is 0 Å². The van der Waals surface area contributed by atoms with E-state index in [1.54, 1.807) is 0 Å². The van der Waals surface area contributed by atoms with Gasteiger partial charge in [-0.1, -0.05) is 45.0 Å². The maximum absolute atomic E-state index is 10.2. The third-order valence-electron chi connectivity index (χ3n) is 6.24. The third-order valence-corrected chi connectivity index (χ3v) is 6.24. The smallest absolute Gasteiger partial charge is 0.224 e. The Morgan fingerprint density at radius 1 is 1.22 bits per heavy atom. The van der Waals surface area contributed by atoms with Crippen molar-refractivity contribution in [2.75, 3.05) is 36.7 Å². The zero-order chi connectivity index (χ0) is 22.7. The third kappa shape index (κ3) is 5.05. The molecule has 7 nitrogen and oxygen atoms in total. The number of anilines is 2. The molecule has 1 aromatic carbocycles. The minimum atomic E-state index is -0.111. The molecule has 2 aliphatic rings. The summed E-state index contributed by atoms with van der Waals surface area (Å²) in [5.74, 6) is 1.54. The van der Waals surface area contributed by atoms with Gasteiger partial charge in [-0.3, -0.25) is 0 Å². The number of aryl methyl sites for hydroxylation is 1. The number of aromatic nitrogens is 2.